The van der Waals surface area contributed by atoms with Gasteiger partial charge in [0.05, 0.1) is 16.6 Å². The fourth-order valence-electron chi connectivity index (χ4n) is 3.14. The van der Waals surface area contributed by atoms with Gasteiger partial charge < -0.3 is 4.84 Å². The first-order valence-electron chi connectivity index (χ1n) is 8.88. The van der Waals surface area contributed by atoms with Crippen molar-refractivity contribution in [2.75, 3.05) is 5.06 Å². The van der Waals surface area contributed by atoms with Crippen LogP contribution in [-0.4, -0.2) is 21.7 Å². The van der Waals surface area contributed by atoms with Gasteiger partial charge in [0.15, 0.2) is 5.82 Å². The average molecular weight is 359 g/mol. The van der Waals surface area contributed by atoms with Crippen LogP contribution in [0.2, 0.25) is 0 Å². The normalized spacial score (nSPS) is 11.7. The summed E-state index contributed by atoms with van der Waals surface area (Å²) in [5.74, 6) is 0.181. The number of nitrogens with one attached hydrogen (secondary N) is 1. The van der Waals surface area contributed by atoms with E-state index in [0.717, 1.165) is 21.7 Å². The third-order valence-electron chi connectivity index (χ3n) is 4.44. The zero-order valence-corrected chi connectivity index (χ0v) is 15.6. The number of hydrogen-bond donors (Lipinski definition) is 1. The average Bonchev–Trinajstić information content (AvgIpc) is 3.08. The molecule has 5 heteroatoms. The Labute approximate surface area is 157 Å². The minimum atomic E-state index is -0.474. The lowest BCUT2D eigenvalue weighted by atomic mass is 10.0. The van der Waals surface area contributed by atoms with Crippen molar-refractivity contribution < 1.29 is 9.63 Å². The lowest BCUT2D eigenvalue weighted by molar-refractivity contribution is 0.0344. The standard InChI is InChI=1S/C22H21N3O2/c1-22(2,3)25(20-18-12-6-7-14-19(18)23-24-20)27-21(26)17-13-8-10-15-9-4-5-11-16(15)17/h4-14H,1-3H3,(H,23,24). The molecule has 0 atom stereocenters. The highest BCUT2D eigenvalue weighted by Gasteiger charge is 2.30. The molecule has 136 valence electrons. The molecule has 3 aromatic carbocycles. The molecule has 1 N–H and O–H groups in total. The van der Waals surface area contributed by atoms with Crippen LogP contribution >= 0.6 is 0 Å². The SMILES string of the molecule is CC(C)(C)N(OC(=O)c1cccc2ccccc12)c1n[nH]c2ccccc12. The molecule has 0 bridgehead atoms. The molecule has 0 spiro atoms. The van der Waals surface area contributed by atoms with E-state index in [9.17, 15) is 4.79 Å². The Hall–Kier alpha value is -3.34. The van der Waals surface area contributed by atoms with Gasteiger partial charge in [-0.3, -0.25) is 5.10 Å². The number of H-pyrrole nitrogens is 1. The monoisotopic (exact) mass is 359 g/mol. The van der Waals surface area contributed by atoms with Gasteiger partial charge in [0, 0.05) is 5.39 Å². The van der Waals surface area contributed by atoms with Crippen molar-refractivity contribution >= 4 is 33.5 Å². The molecule has 1 aromatic heterocycles. The molecule has 0 unspecified atom stereocenters. The van der Waals surface area contributed by atoms with Crippen LogP contribution in [0.3, 0.4) is 0 Å². The molecular weight excluding hydrogens is 338 g/mol. The smallest absolute Gasteiger partial charge is 0.333 e. The van der Waals surface area contributed by atoms with E-state index < -0.39 is 11.5 Å². The summed E-state index contributed by atoms with van der Waals surface area (Å²) in [5, 5.41) is 11.7. The Balaban J connectivity index is 1.75. The Morgan fingerprint density at radius 2 is 1.59 bits per heavy atom. The van der Waals surface area contributed by atoms with E-state index in [1.165, 1.54) is 0 Å². The van der Waals surface area contributed by atoms with E-state index in [0.29, 0.717) is 11.4 Å². The van der Waals surface area contributed by atoms with Crippen LogP contribution in [0.4, 0.5) is 5.82 Å². The Kier molecular flexibility index (Phi) is 4.07. The number of aromatic amines is 1. The van der Waals surface area contributed by atoms with Crippen LogP contribution in [0.25, 0.3) is 21.7 Å². The van der Waals surface area contributed by atoms with Crippen LogP contribution in [0, 0.1) is 0 Å². The number of rotatable bonds is 3. The number of carbonyl (C=O) groups excluding carboxylic acids is 1. The zero-order valence-electron chi connectivity index (χ0n) is 15.6. The van der Waals surface area contributed by atoms with Gasteiger partial charge in [0.1, 0.15) is 0 Å². The Bertz CT molecular complexity index is 1120. The number of benzene rings is 3. The van der Waals surface area contributed by atoms with Crippen molar-refractivity contribution in [3.63, 3.8) is 0 Å². The van der Waals surface area contributed by atoms with Gasteiger partial charge in [-0.25, -0.2) is 4.79 Å². The van der Waals surface area contributed by atoms with Gasteiger partial charge in [-0.05, 0) is 49.7 Å². The predicted molar refractivity (Wildman–Crippen MR) is 108 cm³/mol. The van der Waals surface area contributed by atoms with Crippen molar-refractivity contribution in [3.8, 4) is 0 Å². The van der Waals surface area contributed by atoms with Crippen LogP contribution in [0.15, 0.2) is 66.7 Å². The van der Waals surface area contributed by atoms with Crippen molar-refractivity contribution in [1.29, 1.82) is 0 Å². The predicted octanol–water partition coefficient (Wildman–Crippen LogP) is 5.09. The minimum absolute atomic E-state index is 0.409. The van der Waals surface area contributed by atoms with Crippen LogP contribution in [0.1, 0.15) is 31.1 Å². The summed E-state index contributed by atoms with van der Waals surface area (Å²) in [5.41, 5.74) is 0.947. The number of hydroxylamine groups is 1. The van der Waals surface area contributed by atoms with Crippen molar-refractivity contribution in [2.45, 2.75) is 26.3 Å². The van der Waals surface area contributed by atoms with E-state index in [2.05, 4.69) is 10.2 Å². The molecule has 5 nitrogen and oxygen atoms in total. The zero-order chi connectivity index (χ0) is 19.0. The topological polar surface area (TPSA) is 58.2 Å². The van der Waals surface area contributed by atoms with E-state index >= 15 is 0 Å². The summed E-state index contributed by atoms with van der Waals surface area (Å²) in [6.45, 7) is 5.94. The molecule has 0 aliphatic carbocycles. The first-order chi connectivity index (χ1) is 12.9. The maximum absolute atomic E-state index is 13.0. The van der Waals surface area contributed by atoms with Gasteiger partial charge in [0.25, 0.3) is 0 Å². The van der Waals surface area contributed by atoms with Gasteiger partial charge in [-0.15, -0.1) is 0 Å². The van der Waals surface area contributed by atoms with Gasteiger partial charge in [0.2, 0.25) is 0 Å². The van der Waals surface area contributed by atoms with Crippen LogP contribution in [-0.2, 0) is 4.84 Å². The molecule has 0 fully saturated rings. The maximum atomic E-state index is 13.0. The third kappa shape index (κ3) is 3.12. The van der Waals surface area contributed by atoms with Crippen LogP contribution in [0.5, 0.6) is 0 Å². The van der Waals surface area contributed by atoms with Gasteiger partial charge >= 0.3 is 5.97 Å². The number of para-hydroxylation sites is 1. The highest BCUT2D eigenvalue weighted by Crippen LogP contribution is 2.30. The number of nitrogens with zero attached hydrogens (tertiary/aromatic N) is 2. The molecule has 0 amide bonds. The van der Waals surface area contributed by atoms with Gasteiger partial charge in [-0.1, -0.05) is 48.5 Å². The minimum Gasteiger partial charge on any atom is -0.333 e. The first kappa shape index (κ1) is 17.1. The molecule has 27 heavy (non-hydrogen) atoms. The molecular formula is C22H21N3O2. The highest BCUT2D eigenvalue weighted by atomic mass is 16.7. The highest BCUT2D eigenvalue weighted by molar-refractivity contribution is 6.05. The Morgan fingerprint density at radius 3 is 2.37 bits per heavy atom. The second kappa shape index (κ2) is 6.43. The summed E-state index contributed by atoms with van der Waals surface area (Å²) < 4.78 is 0. The summed E-state index contributed by atoms with van der Waals surface area (Å²) >= 11 is 0. The molecule has 0 saturated heterocycles. The fraction of sp³-hybridized carbons (Fsp3) is 0.182. The second-order valence-electron chi connectivity index (χ2n) is 7.46. The van der Waals surface area contributed by atoms with Crippen molar-refractivity contribution in [2.24, 2.45) is 0 Å². The number of aromatic nitrogens is 2. The number of hydrogen-bond acceptors (Lipinski definition) is 4. The number of anilines is 1. The molecule has 0 aliphatic heterocycles. The lowest BCUT2D eigenvalue weighted by Crippen LogP contribution is -2.43. The second-order valence-corrected chi connectivity index (χ2v) is 7.46. The number of carbonyl (C=O) groups is 1. The van der Waals surface area contributed by atoms with E-state index in [1.807, 2.05) is 81.4 Å². The summed E-state index contributed by atoms with van der Waals surface area (Å²) in [4.78, 5) is 18.9. The molecule has 0 aliphatic rings. The van der Waals surface area contributed by atoms with E-state index in [1.54, 1.807) is 11.1 Å². The molecule has 4 aromatic rings. The summed E-state index contributed by atoms with van der Waals surface area (Å²) in [6, 6.07) is 21.2. The van der Waals surface area contributed by atoms with E-state index in [-0.39, 0.29) is 0 Å². The van der Waals surface area contributed by atoms with Gasteiger partial charge in [-0.2, -0.15) is 10.2 Å². The van der Waals surface area contributed by atoms with E-state index in [4.69, 9.17) is 4.84 Å². The maximum Gasteiger partial charge on any atom is 0.363 e. The number of fused-ring (bicyclic) bond motifs is 2. The largest absolute Gasteiger partial charge is 0.363 e. The molecule has 4 rings (SSSR count). The Morgan fingerprint density at radius 1 is 0.926 bits per heavy atom. The fourth-order valence-corrected chi connectivity index (χ4v) is 3.14. The third-order valence-corrected chi connectivity index (χ3v) is 4.44. The molecule has 0 saturated carbocycles. The van der Waals surface area contributed by atoms with Crippen LogP contribution < -0.4 is 5.06 Å². The lowest BCUT2D eigenvalue weighted by Gasteiger charge is -2.33. The summed E-state index contributed by atoms with van der Waals surface area (Å²) in [6.07, 6.45) is 0. The molecule has 0 radical (unpaired) electrons. The van der Waals surface area contributed by atoms with Crippen molar-refractivity contribution in [1.82, 2.24) is 10.2 Å². The molecule has 1 heterocycles. The summed E-state index contributed by atoms with van der Waals surface area (Å²) in [7, 11) is 0. The quantitative estimate of drug-likeness (QED) is 0.518. The first-order valence-corrected chi connectivity index (χ1v) is 8.88. The van der Waals surface area contributed by atoms with Crippen molar-refractivity contribution in [3.05, 3.63) is 72.3 Å².